The highest BCUT2D eigenvalue weighted by Gasteiger charge is 2.21. The average molecular weight is 657 g/mol. The molecule has 0 amide bonds. The van der Waals surface area contributed by atoms with Crippen LogP contribution in [0.2, 0.25) is 0 Å². The molecule has 0 aliphatic carbocycles. The summed E-state index contributed by atoms with van der Waals surface area (Å²) < 4.78 is 8.68. The predicted octanol–water partition coefficient (Wildman–Crippen LogP) is 12.0. The second-order valence-electron chi connectivity index (χ2n) is 12.6. The molecular formula is C46H32N4O. The number of hydrogen-bond donors (Lipinski definition) is 0. The fraction of sp³-hybridized carbons (Fsp3) is 0.0217. The van der Waals surface area contributed by atoms with Crippen LogP contribution in [0.15, 0.2) is 175 Å². The smallest absolute Gasteiger partial charge is 0.238 e. The topological polar surface area (TPSA) is 56.7 Å². The van der Waals surface area contributed by atoms with Crippen LogP contribution < -0.4 is 0 Å². The van der Waals surface area contributed by atoms with E-state index in [1.165, 1.54) is 0 Å². The Bertz CT molecular complexity index is 2820. The van der Waals surface area contributed by atoms with E-state index >= 15 is 0 Å². The van der Waals surface area contributed by atoms with E-state index in [0.717, 1.165) is 77.1 Å². The molecule has 9 aromatic rings. The number of hydrogen-bond acceptors (Lipinski definition) is 4. The van der Waals surface area contributed by atoms with Crippen LogP contribution in [0.3, 0.4) is 0 Å². The Morgan fingerprint density at radius 3 is 2.12 bits per heavy atom. The highest BCUT2D eigenvalue weighted by Crippen LogP contribution is 2.40. The lowest BCUT2D eigenvalue weighted by Crippen LogP contribution is -2.06. The molecule has 0 saturated carbocycles. The first-order chi connectivity index (χ1) is 25.2. The quantitative estimate of drug-likeness (QED) is 0.160. The van der Waals surface area contributed by atoms with Crippen LogP contribution in [0.5, 0.6) is 0 Å². The fourth-order valence-corrected chi connectivity index (χ4v) is 6.90. The fourth-order valence-electron chi connectivity index (χ4n) is 6.90. The first kappa shape index (κ1) is 30.2. The maximum atomic E-state index is 6.55. The summed E-state index contributed by atoms with van der Waals surface area (Å²) in [4.78, 5) is 15.5. The Morgan fingerprint density at radius 2 is 1.29 bits per heavy atom. The van der Waals surface area contributed by atoms with E-state index in [4.69, 9.17) is 19.4 Å². The molecule has 3 aromatic heterocycles. The Labute approximate surface area is 295 Å². The van der Waals surface area contributed by atoms with Crippen molar-refractivity contribution in [2.75, 3.05) is 0 Å². The summed E-state index contributed by atoms with van der Waals surface area (Å²) in [5.41, 5.74) is 9.99. The molecule has 0 unspecified atom stereocenters. The van der Waals surface area contributed by atoms with Crippen LogP contribution in [0.1, 0.15) is 12.5 Å². The molecule has 0 spiro atoms. The molecule has 5 heteroatoms. The second kappa shape index (κ2) is 12.6. The van der Waals surface area contributed by atoms with Gasteiger partial charge in [0.05, 0.1) is 16.4 Å². The van der Waals surface area contributed by atoms with Crippen LogP contribution >= 0.6 is 0 Å². The van der Waals surface area contributed by atoms with Gasteiger partial charge in [0.2, 0.25) is 5.95 Å². The van der Waals surface area contributed by atoms with Gasteiger partial charge in [0.25, 0.3) is 0 Å². The minimum atomic E-state index is 0.538. The zero-order chi connectivity index (χ0) is 34.3. The summed E-state index contributed by atoms with van der Waals surface area (Å²) >= 11 is 0. The lowest BCUT2D eigenvalue weighted by molar-refractivity contribution is 0.673. The second-order valence-corrected chi connectivity index (χ2v) is 12.6. The third-order valence-electron chi connectivity index (χ3n) is 9.42. The Kier molecular flexibility index (Phi) is 7.44. The van der Waals surface area contributed by atoms with E-state index in [1.54, 1.807) is 6.08 Å². The van der Waals surface area contributed by atoms with Crippen molar-refractivity contribution < 1.29 is 4.42 Å². The number of furan rings is 1. The molecule has 6 aromatic carbocycles. The number of aromatic nitrogens is 4. The van der Waals surface area contributed by atoms with Gasteiger partial charge in [-0.1, -0.05) is 140 Å². The molecule has 0 aliphatic heterocycles. The van der Waals surface area contributed by atoms with Gasteiger partial charge in [-0.05, 0) is 59.5 Å². The maximum absolute atomic E-state index is 6.55. The van der Waals surface area contributed by atoms with Crippen molar-refractivity contribution in [1.82, 2.24) is 19.5 Å². The van der Waals surface area contributed by atoms with Crippen molar-refractivity contribution >= 4 is 49.3 Å². The van der Waals surface area contributed by atoms with E-state index < -0.39 is 0 Å². The lowest BCUT2D eigenvalue weighted by atomic mass is 10.0. The molecule has 0 N–H and O–H groups in total. The zero-order valence-corrected chi connectivity index (χ0v) is 28.0. The summed E-state index contributed by atoms with van der Waals surface area (Å²) in [7, 11) is 0. The minimum Gasteiger partial charge on any atom is -0.455 e. The van der Waals surface area contributed by atoms with Gasteiger partial charge in [0.1, 0.15) is 11.2 Å². The number of benzene rings is 6. The average Bonchev–Trinajstić information content (AvgIpc) is 3.74. The van der Waals surface area contributed by atoms with E-state index in [0.29, 0.717) is 17.6 Å². The normalized spacial score (nSPS) is 12.1. The first-order valence-electron chi connectivity index (χ1n) is 17.0. The largest absolute Gasteiger partial charge is 0.455 e. The molecule has 51 heavy (non-hydrogen) atoms. The third-order valence-corrected chi connectivity index (χ3v) is 9.42. The molecule has 3 heterocycles. The summed E-state index contributed by atoms with van der Waals surface area (Å²) in [6.07, 6.45) is 7.77. The van der Waals surface area contributed by atoms with Crippen LogP contribution in [0, 0.1) is 0 Å². The number of nitrogens with zero attached hydrogens (tertiary/aromatic N) is 4. The minimum absolute atomic E-state index is 0.538. The number of fused-ring (bicyclic) bond motifs is 7. The summed E-state index contributed by atoms with van der Waals surface area (Å²) in [5, 5.41) is 4.29. The molecule has 0 radical (unpaired) electrons. The van der Waals surface area contributed by atoms with E-state index in [2.05, 4.69) is 145 Å². The van der Waals surface area contributed by atoms with Gasteiger partial charge >= 0.3 is 0 Å². The number of rotatable bonds is 7. The molecule has 5 nitrogen and oxygen atoms in total. The molecule has 0 saturated heterocycles. The van der Waals surface area contributed by atoms with Crippen LogP contribution in [-0.4, -0.2) is 19.5 Å². The van der Waals surface area contributed by atoms with Gasteiger partial charge in [-0.25, -0.2) is 4.98 Å². The Balaban J connectivity index is 1.28. The number of para-hydroxylation sites is 2. The molecular weight excluding hydrogens is 625 g/mol. The monoisotopic (exact) mass is 656 g/mol. The molecule has 0 fully saturated rings. The van der Waals surface area contributed by atoms with E-state index in [-0.39, 0.29) is 0 Å². The standard InChI is InChI=1S/C46H32N4O/c1-3-4-6-14-30(2)31-23-25-33(26-24-31)44-47-45(35-18-13-17-34(29-35)32-15-7-5-8-16-32)49-46(48-44)50-39-21-11-9-20-38(39)42-40(50)28-27-37-36-19-10-12-22-41(36)51-43(37)42/h3-29H,1H2,2H3/b6-4-,30-14+. The van der Waals surface area contributed by atoms with Crippen molar-refractivity contribution in [3.63, 3.8) is 0 Å². The van der Waals surface area contributed by atoms with Crippen LogP contribution in [0.25, 0.3) is 89.2 Å². The molecule has 0 bridgehead atoms. The zero-order valence-electron chi connectivity index (χ0n) is 28.0. The van der Waals surface area contributed by atoms with Crippen molar-refractivity contribution in [2.45, 2.75) is 6.92 Å². The lowest BCUT2D eigenvalue weighted by Gasteiger charge is -2.12. The summed E-state index contributed by atoms with van der Waals surface area (Å²) in [6.45, 7) is 5.86. The molecule has 0 aliphatic rings. The van der Waals surface area contributed by atoms with Crippen LogP contribution in [-0.2, 0) is 0 Å². The highest BCUT2D eigenvalue weighted by atomic mass is 16.3. The van der Waals surface area contributed by atoms with Crippen molar-refractivity contribution in [3.05, 3.63) is 176 Å². The van der Waals surface area contributed by atoms with Gasteiger partial charge in [-0.2, -0.15) is 9.97 Å². The van der Waals surface area contributed by atoms with Crippen molar-refractivity contribution in [3.8, 4) is 39.9 Å². The molecule has 9 rings (SSSR count). The van der Waals surface area contributed by atoms with Gasteiger partial charge < -0.3 is 4.42 Å². The number of allylic oxidation sites excluding steroid dienone is 5. The van der Waals surface area contributed by atoms with Crippen molar-refractivity contribution in [2.24, 2.45) is 0 Å². The van der Waals surface area contributed by atoms with Gasteiger partial charge in [-0.3, -0.25) is 4.57 Å². The third kappa shape index (κ3) is 5.32. The Hall–Kier alpha value is -6.85. The highest BCUT2D eigenvalue weighted by molar-refractivity contribution is 6.23. The summed E-state index contributed by atoms with van der Waals surface area (Å²) in [5.74, 6) is 1.73. The predicted molar refractivity (Wildman–Crippen MR) is 211 cm³/mol. The molecule has 242 valence electrons. The first-order valence-corrected chi connectivity index (χ1v) is 17.0. The van der Waals surface area contributed by atoms with E-state index in [1.807, 2.05) is 30.4 Å². The molecule has 0 atom stereocenters. The van der Waals surface area contributed by atoms with Crippen LogP contribution in [0.4, 0.5) is 0 Å². The van der Waals surface area contributed by atoms with Gasteiger partial charge in [0, 0.05) is 27.3 Å². The summed E-state index contributed by atoms with van der Waals surface area (Å²) in [6, 6.07) is 48.0. The SMILES string of the molecule is C=C/C=C\C=C(/C)c1ccc(-c2nc(-c3cccc(-c4ccccc4)c3)nc(-n3c4ccccc4c4c5oc6ccccc6c5ccc43)n2)cc1. The van der Waals surface area contributed by atoms with Gasteiger partial charge in [-0.15, -0.1) is 0 Å². The maximum Gasteiger partial charge on any atom is 0.238 e. The van der Waals surface area contributed by atoms with Gasteiger partial charge in [0.15, 0.2) is 11.6 Å². The Morgan fingerprint density at radius 1 is 0.588 bits per heavy atom. The van der Waals surface area contributed by atoms with Crippen molar-refractivity contribution in [1.29, 1.82) is 0 Å². The van der Waals surface area contributed by atoms with E-state index in [9.17, 15) is 0 Å².